The summed E-state index contributed by atoms with van der Waals surface area (Å²) in [4.78, 5) is 17.0. The quantitative estimate of drug-likeness (QED) is 0.631. The highest BCUT2D eigenvalue weighted by Crippen LogP contribution is 2.36. The number of imidazole rings is 1. The zero-order valence-corrected chi connectivity index (χ0v) is 14.9. The number of amides is 1. The van der Waals surface area contributed by atoms with Gasteiger partial charge in [0.05, 0.1) is 16.3 Å². The summed E-state index contributed by atoms with van der Waals surface area (Å²) < 4.78 is 40.5. The van der Waals surface area contributed by atoms with Crippen molar-refractivity contribution in [3.05, 3.63) is 63.5 Å². The maximum Gasteiger partial charge on any atom is 0.417 e. The van der Waals surface area contributed by atoms with Crippen LogP contribution in [0.4, 0.5) is 18.9 Å². The van der Waals surface area contributed by atoms with Crippen LogP contribution in [0.2, 0.25) is 10.0 Å². The molecular weight excluding hydrogens is 390 g/mol. The Labute approximate surface area is 156 Å². The first kappa shape index (κ1) is 18.5. The molecule has 2 heterocycles. The van der Waals surface area contributed by atoms with E-state index in [2.05, 4.69) is 10.3 Å². The molecule has 0 saturated heterocycles. The molecule has 9 heteroatoms. The molecule has 136 valence electrons. The van der Waals surface area contributed by atoms with Gasteiger partial charge in [-0.3, -0.25) is 9.20 Å². The highest BCUT2D eigenvalue weighted by Gasteiger charge is 2.33. The van der Waals surface area contributed by atoms with Crippen LogP contribution in [0.5, 0.6) is 0 Å². The second kappa shape index (κ2) is 6.81. The predicted octanol–water partition coefficient (Wildman–Crippen LogP) is 5.47. The number of alkyl halides is 3. The molecule has 0 aliphatic carbocycles. The summed E-state index contributed by atoms with van der Waals surface area (Å²) >= 11 is 11.5. The molecule has 4 nitrogen and oxygen atoms in total. The van der Waals surface area contributed by atoms with Crippen LogP contribution in [0.3, 0.4) is 0 Å². The topological polar surface area (TPSA) is 46.4 Å². The molecule has 0 radical (unpaired) electrons. The number of nitrogens with one attached hydrogen (secondary N) is 1. The second-order valence-electron chi connectivity index (χ2n) is 5.48. The smallest absolute Gasteiger partial charge is 0.321 e. The van der Waals surface area contributed by atoms with Crippen LogP contribution in [0, 0.1) is 0 Å². The number of benzene rings is 1. The van der Waals surface area contributed by atoms with Crippen LogP contribution in [-0.2, 0) is 12.6 Å². The summed E-state index contributed by atoms with van der Waals surface area (Å²) in [5.74, 6) is -0.577. The van der Waals surface area contributed by atoms with Crippen LogP contribution < -0.4 is 5.32 Å². The average molecular weight is 402 g/mol. The number of anilines is 1. The van der Waals surface area contributed by atoms with Crippen LogP contribution >= 0.6 is 23.2 Å². The van der Waals surface area contributed by atoms with Gasteiger partial charge in [-0.05, 0) is 30.7 Å². The lowest BCUT2D eigenvalue weighted by atomic mass is 10.2. The van der Waals surface area contributed by atoms with Crippen LogP contribution in [0.15, 0.2) is 36.5 Å². The molecule has 0 unspecified atom stereocenters. The van der Waals surface area contributed by atoms with Crippen molar-refractivity contribution in [3.63, 3.8) is 0 Å². The number of pyridine rings is 1. The fourth-order valence-electron chi connectivity index (χ4n) is 2.57. The molecular formula is C17H12Cl2F3N3O. The molecule has 0 atom stereocenters. The van der Waals surface area contributed by atoms with Gasteiger partial charge in [0, 0.05) is 23.0 Å². The molecule has 1 amide bonds. The average Bonchev–Trinajstić information content (AvgIpc) is 2.93. The summed E-state index contributed by atoms with van der Waals surface area (Å²) in [6.07, 6.45) is -2.56. The minimum atomic E-state index is -4.62. The minimum Gasteiger partial charge on any atom is -0.321 e. The molecule has 0 aliphatic rings. The summed E-state index contributed by atoms with van der Waals surface area (Å²) in [6, 6.07) is 6.39. The number of aromatic nitrogens is 2. The van der Waals surface area contributed by atoms with Crippen LogP contribution in [0.1, 0.15) is 28.7 Å². The third kappa shape index (κ3) is 3.50. The van der Waals surface area contributed by atoms with Gasteiger partial charge < -0.3 is 5.32 Å². The Bertz CT molecular complexity index is 999. The zero-order valence-electron chi connectivity index (χ0n) is 13.4. The van der Waals surface area contributed by atoms with Gasteiger partial charge in [0.25, 0.3) is 5.91 Å². The van der Waals surface area contributed by atoms with Crippen molar-refractivity contribution in [1.82, 2.24) is 9.38 Å². The van der Waals surface area contributed by atoms with E-state index in [0.29, 0.717) is 22.8 Å². The number of fused-ring (bicyclic) bond motifs is 1. The Morgan fingerprint density at radius 3 is 2.62 bits per heavy atom. The highest BCUT2D eigenvalue weighted by molar-refractivity contribution is 6.31. The number of nitrogens with zero attached hydrogens (tertiary/aromatic N) is 2. The van der Waals surface area contributed by atoms with Gasteiger partial charge in [-0.1, -0.05) is 30.1 Å². The molecule has 0 saturated carbocycles. The summed E-state index contributed by atoms with van der Waals surface area (Å²) in [6.45, 7) is 1.82. The van der Waals surface area contributed by atoms with Gasteiger partial charge in [0.15, 0.2) is 0 Å². The van der Waals surface area contributed by atoms with Gasteiger partial charge in [-0.25, -0.2) is 4.98 Å². The largest absolute Gasteiger partial charge is 0.417 e. The fraction of sp³-hybridized carbons (Fsp3) is 0.176. The fourth-order valence-corrected chi connectivity index (χ4v) is 2.94. The Hall–Kier alpha value is -2.25. The molecule has 0 bridgehead atoms. The van der Waals surface area contributed by atoms with E-state index >= 15 is 0 Å². The lowest BCUT2D eigenvalue weighted by molar-refractivity contribution is -0.137. The van der Waals surface area contributed by atoms with E-state index in [4.69, 9.17) is 23.2 Å². The van der Waals surface area contributed by atoms with Crippen molar-refractivity contribution in [2.75, 3.05) is 5.32 Å². The Kier molecular flexibility index (Phi) is 4.86. The lowest BCUT2D eigenvalue weighted by Crippen LogP contribution is -2.17. The summed E-state index contributed by atoms with van der Waals surface area (Å²) in [7, 11) is 0. The van der Waals surface area contributed by atoms with E-state index in [1.807, 2.05) is 6.92 Å². The van der Waals surface area contributed by atoms with Gasteiger partial charge >= 0.3 is 6.18 Å². The minimum absolute atomic E-state index is 0.0160. The Morgan fingerprint density at radius 1 is 1.23 bits per heavy atom. The second-order valence-corrected chi connectivity index (χ2v) is 6.32. The van der Waals surface area contributed by atoms with Crippen LogP contribution in [-0.4, -0.2) is 15.3 Å². The first-order valence-corrected chi connectivity index (χ1v) is 8.31. The zero-order chi connectivity index (χ0) is 19.1. The lowest BCUT2D eigenvalue weighted by Gasteiger charge is -2.12. The van der Waals surface area contributed by atoms with E-state index in [0.717, 1.165) is 12.1 Å². The van der Waals surface area contributed by atoms with E-state index in [-0.39, 0.29) is 11.4 Å². The number of carbonyl (C=O) groups excluding carboxylic acids is 1. The first-order valence-electron chi connectivity index (χ1n) is 7.55. The molecule has 0 aliphatic heterocycles. The molecule has 3 aromatic rings. The van der Waals surface area contributed by atoms with Crippen molar-refractivity contribution in [2.24, 2.45) is 0 Å². The SMILES string of the molecule is CCc1nc2cc(Cl)ccn2c1C(=O)Nc1ccc(Cl)c(C(F)(F)F)c1. The van der Waals surface area contributed by atoms with Gasteiger partial charge in [-0.2, -0.15) is 13.2 Å². The van der Waals surface area contributed by atoms with Crippen molar-refractivity contribution in [2.45, 2.75) is 19.5 Å². The number of rotatable bonds is 3. The monoisotopic (exact) mass is 401 g/mol. The molecule has 1 aromatic carbocycles. The third-order valence-electron chi connectivity index (χ3n) is 3.74. The van der Waals surface area contributed by atoms with Gasteiger partial charge in [0.2, 0.25) is 0 Å². The standard InChI is InChI=1S/C17H12Cl2F3N3O/c1-2-13-15(25-6-5-9(18)7-14(25)24-13)16(26)23-10-3-4-12(19)11(8-10)17(20,21)22/h3-8H,2H2,1H3,(H,23,26). The molecule has 3 rings (SSSR count). The predicted molar refractivity (Wildman–Crippen MR) is 94.0 cm³/mol. The van der Waals surface area contributed by atoms with Crippen molar-refractivity contribution >= 4 is 40.4 Å². The van der Waals surface area contributed by atoms with Crippen molar-refractivity contribution < 1.29 is 18.0 Å². The summed E-state index contributed by atoms with van der Waals surface area (Å²) in [5.41, 5.74) is 0.194. The van der Waals surface area contributed by atoms with Crippen LogP contribution in [0.25, 0.3) is 5.65 Å². The molecule has 0 fully saturated rings. The number of carbonyl (C=O) groups is 1. The van der Waals surface area contributed by atoms with Gasteiger partial charge in [0.1, 0.15) is 11.3 Å². The first-order chi connectivity index (χ1) is 12.2. The molecule has 26 heavy (non-hydrogen) atoms. The Morgan fingerprint density at radius 2 is 1.96 bits per heavy atom. The van der Waals surface area contributed by atoms with E-state index in [9.17, 15) is 18.0 Å². The number of hydrogen-bond donors (Lipinski definition) is 1. The normalized spacial score (nSPS) is 11.8. The molecule has 0 spiro atoms. The van der Waals surface area contributed by atoms with Gasteiger partial charge in [-0.15, -0.1) is 0 Å². The molecule has 1 N–H and O–H groups in total. The number of hydrogen-bond acceptors (Lipinski definition) is 2. The maximum atomic E-state index is 13.0. The number of halogens is 5. The third-order valence-corrected chi connectivity index (χ3v) is 4.30. The number of aryl methyl sites for hydroxylation is 1. The van der Waals surface area contributed by atoms with E-state index in [1.54, 1.807) is 22.7 Å². The highest BCUT2D eigenvalue weighted by atomic mass is 35.5. The maximum absolute atomic E-state index is 13.0. The Balaban J connectivity index is 2.00. The van der Waals surface area contributed by atoms with Crippen molar-refractivity contribution in [3.8, 4) is 0 Å². The van der Waals surface area contributed by atoms with E-state index in [1.165, 1.54) is 6.07 Å². The van der Waals surface area contributed by atoms with Crippen molar-refractivity contribution in [1.29, 1.82) is 0 Å². The van der Waals surface area contributed by atoms with E-state index < -0.39 is 22.7 Å². The summed E-state index contributed by atoms with van der Waals surface area (Å²) in [5, 5.41) is 2.50. The molecule has 2 aromatic heterocycles.